The molecule has 2 rings (SSSR count). The summed E-state index contributed by atoms with van der Waals surface area (Å²) in [4.78, 5) is 3.30. The van der Waals surface area contributed by atoms with Crippen molar-refractivity contribution >= 4 is 22.5 Å². The van der Waals surface area contributed by atoms with E-state index in [0.29, 0.717) is 6.42 Å². The number of aryl methyl sites for hydroxylation is 1. The molecule has 0 fully saturated rings. The van der Waals surface area contributed by atoms with Crippen molar-refractivity contribution in [3.8, 4) is 0 Å². The van der Waals surface area contributed by atoms with Crippen LogP contribution in [0.1, 0.15) is 11.3 Å². The average molecular weight is 224 g/mol. The molecule has 0 radical (unpaired) electrons. The van der Waals surface area contributed by atoms with Gasteiger partial charge in [0.1, 0.15) is 0 Å². The molecule has 0 aliphatic carbocycles. The Balaban J connectivity index is 2.45. The summed E-state index contributed by atoms with van der Waals surface area (Å²) in [6.07, 6.45) is 0.142. The Bertz CT molecular complexity index is 464. The summed E-state index contributed by atoms with van der Waals surface area (Å²) in [6.45, 7) is 2.02. The van der Waals surface area contributed by atoms with Gasteiger partial charge in [-0.3, -0.25) is 0 Å². The number of H-pyrrole nitrogens is 1. The quantitative estimate of drug-likeness (QED) is 0.772. The van der Waals surface area contributed by atoms with Crippen LogP contribution in [0.25, 0.3) is 10.9 Å². The summed E-state index contributed by atoms with van der Waals surface area (Å²) >= 11 is 5.61. The van der Waals surface area contributed by atoms with E-state index >= 15 is 0 Å². The van der Waals surface area contributed by atoms with Crippen LogP contribution in [0, 0.1) is 6.92 Å². The summed E-state index contributed by atoms with van der Waals surface area (Å²) in [5.41, 5.74) is 3.39. The van der Waals surface area contributed by atoms with Gasteiger partial charge in [0.05, 0.1) is 6.10 Å². The first-order valence-corrected chi connectivity index (χ1v) is 5.56. The second-order valence-corrected chi connectivity index (χ2v) is 4.09. The summed E-state index contributed by atoms with van der Waals surface area (Å²) in [7, 11) is 0. The predicted octanol–water partition coefficient (Wildman–Crippen LogP) is 2.62. The molecule has 1 aromatic carbocycles. The number of nitrogens with one attached hydrogen (secondary N) is 1. The van der Waals surface area contributed by atoms with E-state index in [0.717, 1.165) is 11.2 Å². The van der Waals surface area contributed by atoms with Crippen LogP contribution in [-0.4, -0.2) is 22.1 Å². The molecule has 2 N–H and O–H groups in total. The van der Waals surface area contributed by atoms with E-state index in [1.165, 1.54) is 10.9 Å². The molecule has 80 valence electrons. The van der Waals surface area contributed by atoms with E-state index in [1.54, 1.807) is 0 Å². The highest BCUT2D eigenvalue weighted by Crippen LogP contribution is 2.23. The normalized spacial score (nSPS) is 13.3. The number of hydrogen-bond donors (Lipinski definition) is 2. The number of rotatable bonds is 3. The lowest BCUT2D eigenvalue weighted by molar-refractivity contribution is 0.199. The van der Waals surface area contributed by atoms with Gasteiger partial charge >= 0.3 is 0 Å². The number of aromatic amines is 1. The maximum atomic E-state index is 9.57. The number of halogens is 1. The largest absolute Gasteiger partial charge is 0.392 e. The van der Waals surface area contributed by atoms with Crippen molar-refractivity contribution in [2.45, 2.75) is 19.4 Å². The summed E-state index contributed by atoms with van der Waals surface area (Å²) in [5.74, 6) is 0.277. The molecule has 15 heavy (non-hydrogen) atoms. The van der Waals surface area contributed by atoms with Crippen molar-refractivity contribution in [2.24, 2.45) is 0 Å². The second kappa shape index (κ2) is 4.25. The zero-order valence-electron chi connectivity index (χ0n) is 8.63. The number of alkyl halides is 1. The Hall–Kier alpha value is -0.990. The third-order valence-corrected chi connectivity index (χ3v) is 3.00. The standard InChI is InChI=1S/C12H14ClNO/c1-8-11(6-9(15)7-13)10-4-2-3-5-12(10)14-8/h2-5,9,14-15H,6-7H2,1H3. The second-order valence-electron chi connectivity index (χ2n) is 3.79. The highest BCUT2D eigenvalue weighted by Gasteiger charge is 2.11. The van der Waals surface area contributed by atoms with Gasteiger partial charge in [0.25, 0.3) is 0 Å². The molecule has 0 saturated heterocycles. The maximum Gasteiger partial charge on any atom is 0.0716 e. The zero-order valence-corrected chi connectivity index (χ0v) is 9.38. The Morgan fingerprint density at radius 1 is 1.40 bits per heavy atom. The lowest BCUT2D eigenvalue weighted by atomic mass is 10.1. The van der Waals surface area contributed by atoms with Crippen LogP contribution in [0.5, 0.6) is 0 Å². The summed E-state index contributed by atoms with van der Waals surface area (Å²) < 4.78 is 0. The van der Waals surface area contributed by atoms with Crippen molar-refractivity contribution in [3.63, 3.8) is 0 Å². The van der Waals surface area contributed by atoms with Crippen LogP contribution in [0.3, 0.4) is 0 Å². The van der Waals surface area contributed by atoms with Gasteiger partial charge < -0.3 is 10.1 Å². The Morgan fingerprint density at radius 2 is 2.13 bits per heavy atom. The topological polar surface area (TPSA) is 36.0 Å². The lowest BCUT2D eigenvalue weighted by Gasteiger charge is -2.06. The molecule has 1 aromatic heterocycles. The van der Waals surface area contributed by atoms with E-state index in [-0.39, 0.29) is 5.88 Å². The summed E-state index contributed by atoms with van der Waals surface area (Å²) in [5, 5.41) is 10.7. The average Bonchev–Trinajstić information content (AvgIpc) is 2.55. The highest BCUT2D eigenvalue weighted by molar-refractivity contribution is 6.18. The highest BCUT2D eigenvalue weighted by atomic mass is 35.5. The van der Waals surface area contributed by atoms with Crippen molar-refractivity contribution in [2.75, 3.05) is 5.88 Å². The van der Waals surface area contributed by atoms with Crippen LogP contribution >= 0.6 is 11.6 Å². The molecule has 0 spiro atoms. The molecule has 1 unspecified atom stereocenters. The van der Waals surface area contributed by atoms with Gasteiger partial charge in [-0.15, -0.1) is 11.6 Å². The van der Waals surface area contributed by atoms with Crippen LogP contribution in [0.2, 0.25) is 0 Å². The fourth-order valence-electron chi connectivity index (χ4n) is 1.89. The Labute approximate surface area is 93.9 Å². The third-order valence-electron chi connectivity index (χ3n) is 2.64. The Morgan fingerprint density at radius 3 is 2.87 bits per heavy atom. The van der Waals surface area contributed by atoms with E-state index < -0.39 is 6.10 Å². The van der Waals surface area contributed by atoms with Crippen LogP contribution in [-0.2, 0) is 6.42 Å². The van der Waals surface area contributed by atoms with Gasteiger partial charge in [-0.2, -0.15) is 0 Å². The van der Waals surface area contributed by atoms with Crippen molar-refractivity contribution in [3.05, 3.63) is 35.5 Å². The van der Waals surface area contributed by atoms with Crippen molar-refractivity contribution < 1.29 is 5.11 Å². The first-order chi connectivity index (χ1) is 7.22. The molecule has 0 saturated carbocycles. The number of hydrogen-bond acceptors (Lipinski definition) is 1. The van der Waals surface area contributed by atoms with Gasteiger partial charge in [-0.25, -0.2) is 0 Å². The zero-order chi connectivity index (χ0) is 10.8. The minimum Gasteiger partial charge on any atom is -0.392 e. The molecule has 0 amide bonds. The van der Waals surface area contributed by atoms with E-state index in [4.69, 9.17) is 11.6 Å². The van der Waals surface area contributed by atoms with Gasteiger partial charge in [-0.1, -0.05) is 18.2 Å². The fraction of sp³-hybridized carbons (Fsp3) is 0.333. The van der Waals surface area contributed by atoms with Gasteiger partial charge in [0, 0.05) is 28.9 Å². The van der Waals surface area contributed by atoms with E-state index in [2.05, 4.69) is 11.1 Å². The minimum absolute atomic E-state index is 0.277. The van der Waals surface area contributed by atoms with Crippen LogP contribution in [0.4, 0.5) is 0 Å². The van der Waals surface area contributed by atoms with Crippen LogP contribution < -0.4 is 0 Å². The maximum absolute atomic E-state index is 9.57. The SMILES string of the molecule is Cc1[nH]c2ccccc2c1CC(O)CCl. The molecule has 0 bridgehead atoms. The number of aliphatic hydroxyl groups is 1. The molecule has 0 aliphatic heterocycles. The number of benzene rings is 1. The smallest absolute Gasteiger partial charge is 0.0716 e. The molecular weight excluding hydrogens is 210 g/mol. The molecule has 3 heteroatoms. The summed E-state index contributed by atoms with van der Waals surface area (Å²) in [6, 6.07) is 8.11. The third kappa shape index (κ3) is 2.01. The molecule has 1 heterocycles. The van der Waals surface area contributed by atoms with E-state index in [1.807, 2.05) is 25.1 Å². The monoisotopic (exact) mass is 223 g/mol. The number of aliphatic hydroxyl groups excluding tert-OH is 1. The van der Waals surface area contributed by atoms with Crippen molar-refractivity contribution in [1.82, 2.24) is 4.98 Å². The van der Waals surface area contributed by atoms with Gasteiger partial charge in [0.15, 0.2) is 0 Å². The predicted molar refractivity (Wildman–Crippen MR) is 63.5 cm³/mol. The van der Waals surface area contributed by atoms with Crippen molar-refractivity contribution in [1.29, 1.82) is 0 Å². The van der Waals surface area contributed by atoms with E-state index in [9.17, 15) is 5.11 Å². The van der Waals surface area contributed by atoms with Gasteiger partial charge in [0.2, 0.25) is 0 Å². The first kappa shape index (κ1) is 10.5. The fourth-order valence-corrected chi connectivity index (χ4v) is 2.00. The Kier molecular flexibility index (Phi) is 2.98. The number of para-hydroxylation sites is 1. The molecular formula is C12H14ClNO. The lowest BCUT2D eigenvalue weighted by Crippen LogP contribution is -2.12. The molecule has 2 nitrogen and oxygen atoms in total. The minimum atomic E-state index is -0.468. The molecule has 1 atom stereocenters. The van der Waals surface area contributed by atoms with Crippen LogP contribution in [0.15, 0.2) is 24.3 Å². The van der Waals surface area contributed by atoms with Gasteiger partial charge in [-0.05, 0) is 18.6 Å². The first-order valence-electron chi connectivity index (χ1n) is 5.02. The molecule has 2 aromatic rings. The number of fused-ring (bicyclic) bond motifs is 1. The molecule has 0 aliphatic rings. The number of aromatic nitrogens is 1.